The van der Waals surface area contributed by atoms with E-state index in [2.05, 4.69) is 33.6 Å². The molecule has 0 bridgehead atoms. The SMILES string of the molecule is Cc1ccc(C2CCOCC2)cc1-c1cc(C(=O)Nc2ccncc2F)nn1C. The van der Waals surface area contributed by atoms with Crippen molar-refractivity contribution in [2.75, 3.05) is 18.5 Å². The number of nitrogens with zero attached hydrogens (tertiary/aromatic N) is 3. The van der Waals surface area contributed by atoms with Crippen LogP contribution in [0.4, 0.5) is 10.1 Å². The summed E-state index contributed by atoms with van der Waals surface area (Å²) >= 11 is 0. The summed E-state index contributed by atoms with van der Waals surface area (Å²) in [6.45, 7) is 3.62. The maximum absolute atomic E-state index is 13.8. The molecule has 0 saturated carbocycles. The molecule has 0 unspecified atom stereocenters. The van der Waals surface area contributed by atoms with Crippen LogP contribution in [0, 0.1) is 12.7 Å². The van der Waals surface area contributed by atoms with Crippen molar-refractivity contribution in [1.29, 1.82) is 0 Å². The minimum atomic E-state index is -0.586. The van der Waals surface area contributed by atoms with Gasteiger partial charge in [0.2, 0.25) is 0 Å². The Hall–Kier alpha value is -3.06. The highest BCUT2D eigenvalue weighted by Gasteiger charge is 2.20. The summed E-state index contributed by atoms with van der Waals surface area (Å²) in [6, 6.07) is 9.62. The lowest BCUT2D eigenvalue weighted by Gasteiger charge is -2.23. The van der Waals surface area contributed by atoms with Crippen LogP contribution in [-0.2, 0) is 11.8 Å². The van der Waals surface area contributed by atoms with Crippen molar-refractivity contribution in [3.63, 3.8) is 0 Å². The number of ether oxygens (including phenoxy) is 1. The van der Waals surface area contributed by atoms with Crippen LogP contribution in [0.15, 0.2) is 42.7 Å². The molecule has 1 aliphatic rings. The predicted octanol–water partition coefficient (Wildman–Crippen LogP) is 4.08. The van der Waals surface area contributed by atoms with Crippen LogP contribution in [0.25, 0.3) is 11.3 Å². The predicted molar refractivity (Wildman–Crippen MR) is 108 cm³/mol. The van der Waals surface area contributed by atoms with Gasteiger partial charge < -0.3 is 10.1 Å². The zero-order valence-electron chi connectivity index (χ0n) is 16.5. The summed E-state index contributed by atoms with van der Waals surface area (Å²) in [7, 11) is 1.81. The topological polar surface area (TPSA) is 69.0 Å². The highest BCUT2D eigenvalue weighted by molar-refractivity contribution is 6.03. The number of carbonyl (C=O) groups excluding carboxylic acids is 1. The number of carbonyl (C=O) groups is 1. The molecule has 2 aromatic heterocycles. The van der Waals surface area contributed by atoms with Crippen LogP contribution in [0.1, 0.15) is 40.4 Å². The van der Waals surface area contributed by atoms with E-state index in [1.54, 1.807) is 17.8 Å². The zero-order chi connectivity index (χ0) is 20.4. The van der Waals surface area contributed by atoms with Crippen LogP contribution in [0.5, 0.6) is 0 Å². The lowest BCUT2D eigenvalue weighted by atomic mass is 9.89. The molecule has 7 heteroatoms. The fourth-order valence-corrected chi connectivity index (χ4v) is 3.69. The normalized spacial score (nSPS) is 14.7. The van der Waals surface area contributed by atoms with E-state index in [0.29, 0.717) is 5.92 Å². The first-order valence-corrected chi connectivity index (χ1v) is 9.66. The fourth-order valence-electron chi connectivity index (χ4n) is 3.69. The van der Waals surface area contributed by atoms with E-state index in [1.807, 2.05) is 6.92 Å². The zero-order valence-corrected chi connectivity index (χ0v) is 16.5. The number of amides is 1. The van der Waals surface area contributed by atoms with Gasteiger partial charge in [-0.3, -0.25) is 14.5 Å². The van der Waals surface area contributed by atoms with Gasteiger partial charge in [0.25, 0.3) is 5.91 Å². The number of halogens is 1. The minimum absolute atomic E-state index is 0.0786. The van der Waals surface area contributed by atoms with Crippen LogP contribution in [0.3, 0.4) is 0 Å². The molecular weight excluding hydrogens is 371 g/mol. The number of nitrogens with one attached hydrogen (secondary N) is 1. The number of rotatable bonds is 4. The molecular formula is C22H23FN4O2. The molecule has 1 aromatic carbocycles. The molecule has 3 heterocycles. The average molecular weight is 394 g/mol. The Morgan fingerprint density at radius 2 is 2.03 bits per heavy atom. The molecule has 6 nitrogen and oxygen atoms in total. The van der Waals surface area contributed by atoms with Crippen molar-refractivity contribution in [2.24, 2.45) is 7.05 Å². The largest absolute Gasteiger partial charge is 0.381 e. The number of benzene rings is 1. The van der Waals surface area contributed by atoms with Crippen LogP contribution >= 0.6 is 0 Å². The van der Waals surface area contributed by atoms with E-state index in [-0.39, 0.29) is 11.4 Å². The van der Waals surface area contributed by atoms with E-state index < -0.39 is 11.7 Å². The lowest BCUT2D eigenvalue weighted by molar-refractivity contribution is 0.0853. The van der Waals surface area contributed by atoms with E-state index >= 15 is 0 Å². The Morgan fingerprint density at radius 1 is 1.24 bits per heavy atom. The minimum Gasteiger partial charge on any atom is -0.381 e. The third kappa shape index (κ3) is 4.05. The van der Waals surface area contributed by atoms with Gasteiger partial charge in [0.05, 0.1) is 17.6 Å². The molecule has 0 aliphatic carbocycles. The average Bonchev–Trinajstić information content (AvgIpc) is 3.12. The van der Waals surface area contributed by atoms with Gasteiger partial charge in [-0.15, -0.1) is 0 Å². The molecule has 4 rings (SSSR count). The summed E-state index contributed by atoms with van der Waals surface area (Å²) in [5.74, 6) is -0.569. The van der Waals surface area contributed by atoms with Gasteiger partial charge in [0.15, 0.2) is 11.5 Å². The quantitative estimate of drug-likeness (QED) is 0.724. The van der Waals surface area contributed by atoms with Crippen molar-refractivity contribution in [3.8, 4) is 11.3 Å². The van der Waals surface area contributed by atoms with E-state index in [0.717, 1.165) is 49.1 Å². The molecule has 29 heavy (non-hydrogen) atoms. The second-order valence-corrected chi connectivity index (χ2v) is 7.31. The molecule has 1 aliphatic heterocycles. The fraction of sp³-hybridized carbons (Fsp3) is 0.318. The number of anilines is 1. The Balaban J connectivity index is 1.62. The highest BCUT2D eigenvalue weighted by Crippen LogP contribution is 2.32. The highest BCUT2D eigenvalue weighted by atomic mass is 19.1. The first-order chi connectivity index (χ1) is 14.0. The maximum atomic E-state index is 13.8. The van der Waals surface area contributed by atoms with Gasteiger partial charge in [-0.25, -0.2) is 4.39 Å². The Kier molecular flexibility index (Phi) is 5.40. The second kappa shape index (κ2) is 8.13. The monoisotopic (exact) mass is 394 g/mol. The summed E-state index contributed by atoms with van der Waals surface area (Å²) in [4.78, 5) is 16.3. The molecule has 0 radical (unpaired) electrons. The smallest absolute Gasteiger partial charge is 0.276 e. The van der Waals surface area contributed by atoms with Crippen molar-refractivity contribution >= 4 is 11.6 Å². The first kappa shape index (κ1) is 19.3. The number of aromatic nitrogens is 3. The molecule has 0 atom stereocenters. The van der Waals surface area contributed by atoms with Gasteiger partial charge in [0, 0.05) is 32.0 Å². The summed E-state index contributed by atoms with van der Waals surface area (Å²) < 4.78 is 20.9. The Morgan fingerprint density at radius 3 is 2.79 bits per heavy atom. The van der Waals surface area contributed by atoms with Crippen LogP contribution < -0.4 is 5.32 Å². The molecule has 1 amide bonds. The van der Waals surface area contributed by atoms with Crippen molar-refractivity contribution < 1.29 is 13.9 Å². The van der Waals surface area contributed by atoms with Crippen LogP contribution in [0.2, 0.25) is 0 Å². The second-order valence-electron chi connectivity index (χ2n) is 7.31. The first-order valence-electron chi connectivity index (χ1n) is 9.66. The van der Waals surface area contributed by atoms with Crippen molar-refractivity contribution in [3.05, 3.63) is 65.4 Å². The molecule has 3 aromatic rings. The Labute approximate surface area is 168 Å². The standard InChI is InChI=1S/C22H23FN4O2/c1-14-3-4-16(15-6-9-29-10-7-15)11-17(14)21-12-20(26-27(21)2)22(28)25-19-5-8-24-13-18(19)23/h3-5,8,11-13,15H,6-7,9-10H2,1-2H3,(H,24,25,28). The van der Waals surface area contributed by atoms with Crippen molar-refractivity contribution in [2.45, 2.75) is 25.7 Å². The summed E-state index contributed by atoms with van der Waals surface area (Å²) in [5, 5.41) is 6.90. The van der Waals surface area contributed by atoms with E-state index in [1.165, 1.54) is 17.8 Å². The van der Waals surface area contributed by atoms with E-state index in [4.69, 9.17) is 4.74 Å². The maximum Gasteiger partial charge on any atom is 0.276 e. The number of hydrogen-bond acceptors (Lipinski definition) is 4. The van der Waals surface area contributed by atoms with Gasteiger partial charge in [-0.05, 0) is 55.0 Å². The summed E-state index contributed by atoms with van der Waals surface area (Å²) in [6.07, 6.45) is 4.51. The van der Waals surface area contributed by atoms with Gasteiger partial charge in [0.1, 0.15) is 0 Å². The van der Waals surface area contributed by atoms with E-state index in [9.17, 15) is 9.18 Å². The van der Waals surface area contributed by atoms with Gasteiger partial charge >= 0.3 is 0 Å². The Bertz CT molecular complexity index is 1040. The van der Waals surface area contributed by atoms with Gasteiger partial charge in [-0.1, -0.05) is 12.1 Å². The third-order valence-corrected chi connectivity index (χ3v) is 5.36. The molecule has 1 saturated heterocycles. The van der Waals surface area contributed by atoms with Gasteiger partial charge in [-0.2, -0.15) is 5.10 Å². The van der Waals surface area contributed by atoms with Crippen LogP contribution in [-0.4, -0.2) is 33.9 Å². The number of hydrogen-bond donors (Lipinski definition) is 1. The molecule has 1 fully saturated rings. The molecule has 1 N–H and O–H groups in total. The summed E-state index contributed by atoms with van der Waals surface area (Å²) in [5.41, 5.74) is 4.58. The lowest BCUT2D eigenvalue weighted by Crippen LogP contribution is -2.14. The van der Waals surface area contributed by atoms with Crippen molar-refractivity contribution in [1.82, 2.24) is 14.8 Å². The molecule has 0 spiro atoms. The third-order valence-electron chi connectivity index (χ3n) is 5.36. The number of pyridine rings is 1. The number of aryl methyl sites for hydroxylation is 2. The molecule has 150 valence electrons.